The Kier molecular flexibility index (Phi) is 7.55. The van der Waals surface area contributed by atoms with Gasteiger partial charge >= 0.3 is 5.97 Å². The van der Waals surface area contributed by atoms with Gasteiger partial charge in [-0.1, -0.05) is 32.6 Å². The van der Waals surface area contributed by atoms with Crippen LogP contribution in [0.3, 0.4) is 0 Å². The summed E-state index contributed by atoms with van der Waals surface area (Å²) in [6.07, 6.45) is 11.8. The quantitative estimate of drug-likeness (QED) is 0.683. The Morgan fingerprint density at radius 2 is 1.96 bits per heavy atom. The Balaban J connectivity index is 1.72. The van der Waals surface area contributed by atoms with E-state index in [2.05, 4.69) is 12.2 Å². The molecule has 2 N–H and O–H groups in total. The molecule has 0 aromatic heterocycles. The minimum atomic E-state index is -0.775. The molecule has 2 aliphatic carbocycles. The van der Waals surface area contributed by atoms with E-state index < -0.39 is 12.1 Å². The minimum Gasteiger partial charge on any atom is -0.480 e. The van der Waals surface area contributed by atoms with E-state index in [1.807, 2.05) is 11.9 Å². The summed E-state index contributed by atoms with van der Waals surface area (Å²) in [5, 5.41) is 13.0. The van der Waals surface area contributed by atoms with Gasteiger partial charge in [0.25, 0.3) is 0 Å². The van der Waals surface area contributed by atoms with Crippen LogP contribution in [0.25, 0.3) is 0 Å². The smallest absolute Gasteiger partial charge is 0.317 e. The summed E-state index contributed by atoms with van der Waals surface area (Å²) < 4.78 is 14.2. The van der Waals surface area contributed by atoms with Crippen LogP contribution in [0, 0.1) is 23.7 Å². The van der Waals surface area contributed by atoms with Crippen molar-refractivity contribution in [1.82, 2.24) is 10.2 Å². The normalized spacial score (nSPS) is 39.9. The predicted molar refractivity (Wildman–Crippen MR) is 106 cm³/mol. The first-order valence-electron chi connectivity index (χ1n) is 11.3. The molecule has 0 bridgehead atoms. The van der Waals surface area contributed by atoms with Crippen molar-refractivity contribution in [2.45, 2.75) is 95.9 Å². The molecule has 156 valence electrons. The number of alkyl halides is 1. The lowest BCUT2D eigenvalue weighted by molar-refractivity contribution is -0.139. The Morgan fingerprint density at radius 3 is 2.67 bits per heavy atom. The van der Waals surface area contributed by atoms with E-state index in [-0.39, 0.29) is 12.7 Å². The number of piperidine rings is 1. The van der Waals surface area contributed by atoms with E-state index in [4.69, 9.17) is 0 Å². The van der Waals surface area contributed by atoms with Crippen LogP contribution in [-0.4, -0.2) is 47.9 Å². The van der Waals surface area contributed by atoms with Crippen LogP contribution in [0.2, 0.25) is 0 Å². The summed E-state index contributed by atoms with van der Waals surface area (Å²) in [5.74, 6) is 1.72. The number of carboxylic acids is 1. The number of nitrogens with zero attached hydrogens (tertiary/aromatic N) is 1. The standard InChI is InChI=1S/C22H39FN2O2/c1-3-4-6-15-9-10-20-19(11-15)18(16-7-5-8-17(23)12-16)13-21(24-20)25(2)14-22(26)27/h15-21,24H,3-14H2,1-2H3,(H,26,27). The predicted octanol–water partition coefficient (Wildman–Crippen LogP) is 4.44. The second kappa shape index (κ2) is 9.69. The Morgan fingerprint density at radius 1 is 1.15 bits per heavy atom. The molecule has 1 saturated heterocycles. The number of fused-ring (bicyclic) bond motifs is 1. The van der Waals surface area contributed by atoms with Gasteiger partial charge in [-0.3, -0.25) is 15.0 Å². The van der Waals surface area contributed by atoms with Crippen LogP contribution in [-0.2, 0) is 4.79 Å². The third-order valence-corrected chi connectivity index (χ3v) is 7.60. The third kappa shape index (κ3) is 5.44. The topological polar surface area (TPSA) is 52.6 Å². The van der Waals surface area contributed by atoms with Crippen molar-refractivity contribution >= 4 is 5.97 Å². The van der Waals surface area contributed by atoms with Gasteiger partial charge in [0.15, 0.2) is 0 Å². The summed E-state index contributed by atoms with van der Waals surface area (Å²) in [6.45, 7) is 2.33. The molecular formula is C22H39FN2O2. The second-order valence-electron chi connectivity index (χ2n) is 9.51. The zero-order valence-corrected chi connectivity index (χ0v) is 17.2. The number of likely N-dealkylation sites (N-methyl/N-ethyl adjacent to an activating group) is 1. The summed E-state index contributed by atoms with van der Waals surface area (Å²) in [7, 11) is 1.91. The maximum Gasteiger partial charge on any atom is 0.317 e. The lowest BCUT2D eigenvalue weighted by Crippen LogP contribution is -2.60. The molecule has 0 spiro atoms. The molecule has 7 unspecified atom stereocenters. The van der Waals surface area contributed by atoms with Crippen molar-refractivity contribution in [2.24, 2.45) is 23.7 Å². The van der Waals surface area contributed by atoms with Gasteiger partial charge in [-0.05, 0) is 75.7 Å². The number of hydrogen-bond donors (Lipinski definition) is 2. The Hall–Kier alpha value is -0.680. The van der Waals surface area contributed by atoms with Gasteiger partial charge in [-0.2, -0.15) is 0 Å². The van der Waals surface area contributed by atoms with E-state index in [0.717, 1.165) is 38.0 Å². The maximum atomic E-state index is 14.2. The molecule has 4 nitrogen and oxygen atoms in total. The summed E-state index contributed by atoms with van der Waals surface area (Å²) in [5.41, 5.74) is 0. The molecule has 3 rings (SSSR count). The van der Waals surface area contributed by atoms with Gasteiger partial charge in [0.05, 0.1) is 12.7 Å². The molecule has 5 heteroatoms. The van der Waals surface area contributed by atoms with Gasteiger partial charge < -0.3 is 5.11 Å². The van der Waals surface area contributed by atoms with Gasteiger partial charge in [0.2, 0.25) is 0 Å². The molecule has 1 aliphatic heterocycles. The molecule has 27 heavy (non-hydrogen) atoms. The number of hydrogen-bond acceptors (Lipinski definition) is 3. The van der Waals surface area contributed by atoms with Crippen LogP contribution in [0.5, 0.6) is 0 Å². The Bertz CT molecular complexity index is 489. The van der Waals surface area contributed by atoms with Crippen LogP contribution in [0.1, 0.15) is 77.6 Å². The summed E-state index contributed by atoms with van der Waals surface area (Å²) >= 11 is 0. The molecule has 2 saturated carbocycles. The largest absolute Gasteiger partial charge is 0.480 e. The van der Waals surface area contributed by atoms with Crippen LogP contribution >= 0.6 is 0 Å². The highest BCUT2D eigenvalue weighted by atomic mass is 19.1. The zero-order chi connectivity index (χ0) is 19.4. The van der Waals surface area contributed by atoms with Gasteiger partial charge in [0.1, 0.15) is 6.17 Å². The highest BCUT2D eigenvalue weighted by Crippen LogP contribution is 2.47. The van der Waals surface area contributed by atoms with E-state index in [0.29, 0.717) is 23.8 Å². The van der Waals surface area contributed by atoms with Gasteiger partial charge in [0, 0.05) is 6.04 Å². The maximum absolute atomic E-state index is 14.2. The van der Waals surface area contributed by atoms with Crippen molar-refractivity contribution in [1.29, 1.82) is 0 Å². The lowest BCUT2D eigenvalue weighted by Gasteiger charge is -2.52. The Labute approximate surface area is 164 Å². The molecule has 0 aromatic carbocycles. The number of carboxylic acid groups (broad SMARTS) is 1. The monoisotopic (exact) mass is 382 g/mol. The molecule has 7 atom stereocenters. The molecule has 3 fully saturated rings. The molecule has 3 aliphatic rings. The summed E-state index contributed by atoms with van der Waals surface area (Å²) in [6, 6.07) is 0.475. The first-order valence-corrected chi connectivity index (χ1v) is 11.3. The van der Waals surface area contributed by atoms with Crippen molar-refractivity contribution in [3.8, 4) is 0 Å². The number of halogens is 1. The average molecular weight is 383 g/mol. The fraction of sp³-hybridized carbons (Fsp3) is 0.955. The van der Waals surface area contributed by atoms with E-state index in [9.17, 15) is 14.3 Å². The van der Waals surface area contributed by atoms with Crippen molar-refractivity contribution < 1.29 is 14.3 Å². The third-order valence-electron chi connectivity index (χ3n) is 7.60. The lowest BCUT2D eigenvalue weighted by atomic mass is 9.62. The molecule has 0 aromatic rings. The number of rotatable bonds is 7. The molecule has 1 heterocycles. The fourth-order valence-electron chi connectivity index (χ4n) is 6.21. The van der Waals surface area contributed by atoms with E-state index in [1.165, 1.54) is 38.5 Å². The number of unbranched alkanes of at least 4 members (excludes halogenated alkanes) is 1. The number of aliphatic carboxylic acids is 1. The highest BCUT2D eigenvalue weighted by Gasteiger charge is 2.45. The molecule has 0 amide bonds. The van der Waals surface area contributed by atoms with Crippen LogP contribution in [0.15, 0.2) is 0 Å². The average Bonchev–Trinajstić information content (AvgIpc) is 2.64. The second-order valence-corrected chi connectivity index (χ2v) is 9.51. The van der Waals surface area contributed by atoms with Crippen molar-refractivity contribution in [3.05, 3.63) is 0 Å². The van der Waals surface area contributed by atoms with Gasteiger partial charge in [-0.15, -0.1) is 0 Å². The fourth-order valence-corrected chi connectivity index (χ4v) is 6.21. The number of carbonyl (C=O) groups is 1. The first-order chi connectivity index (χ1) is 13.0. The van der Waals surface area contributed by atoms with E-state index >= 15 is 0 Å². The SMILES string of the molecule is CCCCC1CCC2NC(N(C)CC(=O)O)CC(C3CCCC(F)C3)C2C1. The summed E-state index contributed by atoms with van der Waals surface area (Å²) in [4.78, 5) is 13.1. The van der Waals surface area contributed by atoms with Crippen LogP contribution < -0.4 is 5.32 Å². The van der Waals surface area contributed by atoms with Crippen molar-refractivity contribution in [3.63, 3.8) is 0 Å². The van der Waals surface area contributed by atoms with E-state index in [1.54, 1.807) is 0 Å². The zero-order valence-electron chi connectivity index (χ0n) is 17.2. The first kappa shape index (κ1) is 21.0. The van der Waals surface area contributed by atoms with Crippen molar-refractivity contribution in [2.75, 3.05) is 13.6 Å². The van der Waals surface area contributed by atoms with Crippen LogP contribution in [0.4, 0.5) is 4.39 Å². The highest BCUT2D eigenvalue weighted by molar-refractivity contribution is 5.69. The number of nitrogens with one attached hydrogen (secondary N) is 1. The van der Waals surface area contributed by atoms with Gasteiger partial charge in [-0.25, -0.2) is 4.39 Å². The minimum absolute atomic E-state index is 0.0668. The molecule has 0 radical (unpaired) electrons. The molecular weight excluding hydrogens is 343 g/mol.